The molecule has 2 heterocycles. The Balaban J connectivity index is 1.62. The normalized spacial score (nSPS) is 15.8. The molecule has 0 radical (unpaired) electrons. The van der Waals surface area contributed by atoms with Crippen molar-refractivity contribution in [2.24, 2.45) is 0 Å². The molecule has 7 nitrogen and oxygen atoms in total. The van der Waals surface area contributed by atoms with Gasteiger partial charge in [0, 0.05) is 5.69 Å². The Bertz CT molecular complexity index is 591. The third-order valence-electron chi connectivity index (χ3n) is 3.71. The molecule has 110 valence electrons. The Morgan fingerprint density at radius 1 is 1.29 bits per heavy atom. The van der Waals surface area contributed by atoms with Crippen molar-refractivity contribution >= 4 is 11.6 Å². The van der Waals surface area contributed by atoms with E-state index in [1.54, 1.807) is 4.68 Å². The van der Waals surface area contributed by atoms with Crippen LogP contribution in [0.15, 0.2) is 30.6 Å². The van der Waals surface area contributed by atoms with E-state index in [0.717, 1.165) is 24.5 Å². The van der Waals surface area contributed by atoms with E-state index in [2.05, 4.69) is 20.8 Å². The minimum absolute atomic E-state index is 0.0563. The SMILES string of the molecule is O=C(C[NH+]1CCCCC1)Nc1cccc(-n2cnnn2)c1. The van der Waals surface area contributed by atoms with Gasteiger partial charge >= 0.3 is 0 Å². The molecule has 7 heteroatoms. The van der Waals surface area contributed by atoms with Gasteiger partial charge in [-0.3, -0.25) is 4.79 Å². The molecule has 1 amide bonds. The average molecular weight is 287 g/mol. The molecule has 0 atom stereocenters. The van der Waals surface area contributed by atoms with Crippen LogP contribution in [-0.2, 0) is 4.79 Å². The van der Waals surface area contributed by atoms with Gasteiger partial charge in [-0.1, -0.05) is 6.07 Å². The molecule has 0 bridgehead atoms. The fraction of sp³-hybridized carbons (Fsp3) is 0.429. The summed E-state index contributed by atoms with van der Waals surface area (Å²) in [6.45, 7) is 2.73. The van der Waals surface area contributed by atoms with Crippen molar-refractivity contribution in [3.63, 3.8) is 0 Å². The van der Waals surface area contributed by atoms with Gasteiger partial charge in [0.25, 0.3) is 5.91 Å². The minimum Gasteiger partial charge on any atom is -0.327 e. The predicted octanol–water partition coefficient (Wildman–Crippen LogP) is -0.330. The number of tetrazole rings is 1. The van der Waals surface area contributed by atoms with Gasteiger partial charge in [0.2, 0.25) is 0 Å². The number of quaternary nitrogens is 1. The maximum absolute atomic E-state index is 12.1. The van der Waals surface area contributed by atoms with Crippen LogP contribution >= 0.6 is 0 Å². The van der Waals surface area contributed by atoms with Gasteiger partial charge < -0.3 is 10.2 Å². The first-order valence-corrected chi connectivity index (χ1v) is 7.28. The molecule has 1 saturated heterocycles. The number of carbonyl (C=O) groups is 1. The summed E-state index contributed by atoms with van der Waals surface area (Å²) in [6.07, 6.45) is 5.26. The largest absolute Gasteiger partial charge is 0.327 e. The number of rotatable bonds is 4. The number of hydrogen-bond donors (Lipinski definition) is 2. The number of carbonyl (C=O) groups excluding carboxylic acids is 1. The molecule has 0 aliphatic carbocycles. The van der Waals surface area contributed by atoms with Crippen molar-refractivity contribution in [1.82, 2.24) is 20.2 Å². The van der Waals surface area contributed by atoms with E-state index in [0.29, 0.717) is 6.54 Å². The summed E-state index contributed by atoms with van der Waals surface area (Å²) in [6, 6.07) is 7.50. The molecule has 1 aliphatic rings. The van der Waals surface area contributed by atoms with Crippen LogP contribution in [0.1, 0.15) is 19.3 Å². The third kappa shape index (κ3) is 3.63. The van der Waals surface area contributed by atoms with Crippen LogP contribution in [0.4, 0.5) is 5.69 Å². The second-order valence-electron chi connectivity index (χ2n) is 5.34. The fourth-order valence-electron chi connectivity index (χ4n) is 2.67. The van der Waals surface area contributed by atoms with Crippen molar-refractivity contribution in [2.45, 2.75) is 19.3 Å². The highest BCUT2D eigenvalue weighted by Gasteiger charge is 2.17. The van der Waals surface area contributed by atoms with Crippen LogP contribution in [0.3, 0.4) is 0 Å². The highest BCUT2D eigenvalue weighted by molar-refractivity contribution is 5.91. The van der Waals surface area contributed by atoms with Crippen molar-refractivity contribution < 1.29 is 9.69 Å². The molecule has 1 aliphatic heterocycles. The lowest BCUT2D eigenvalue weighted by Gasteiger charge is -2.22. The maximum atomic E-state index is 12.1. The summed E-state index contributed by atoms with van der Waals surface area (Å²) in [4.78, 5) is 13.5. The number of benzene rings is 1. The van der Waals surface area contributed by atoms with Gasteiger partial charge in [0.1, 0.15) is 6.33 Å². The second kappa shape index (κ2) is 6.45. The topological polar surface area (TPSA) is 77.1 Å². The lowest BCUT2D eigenvalue weighted by atomic mass is 10.1. The summed E-state index contributed by atoms with van der Waals surface area (Å²) in [5.41, 5.74) is 1.59. The Kier molecular flexibility index (Phi) is 4.20. The van der Waals surface area contributed by atoms with Crippen LogP contribution in [0.25, 0.3) is 5.69 Å². The van der Waals surface area contributed by atoms with E-state index in [-0.39, 0.29) is 5.91 Å². The van der Waals surface area contributed by atoms with Crippen molar-refractivity contribution in [3.05, 3.63) is 30.6 Å². The predicted molar refractivity (Wildman–Crippen MR) is 77.2 cm³/mol. The Morgan fingerprint density at radius 3 is 2.90 bits per heavy atom. The van der Waals surface area contributed by atoms with Crippen molar-refractivity contribution in [1.29, 1.82) is 0 Å². The van der Waals surface area contributed by atoms with Crippen molar-refractivity contribution in [3.8, 4) is 5.69 Å². The second-order valence-corrected chi connectivity index (χ2v) is 5.34. The van der Waals surface area contributed by atoms with Crippen LogP contribution < -0.4 is 10.2 Å². The van der Waals surface area contributed by atoms with E-state index in [1.165, 1.54) is 30.5 Å². The zero-order valence-electron chi connectivity index (χ0n) is 11.8. The number of piperidine rings is 1. The molecular formula is C14H19N6O+. The first-order valence-electron chi connectivity index (χ1n) is 7.28. The maximum Gasteiger partial charge on any atom is 0.279 e. The van der Waals surface area contributed by atoms with E-state index in [4.69, 9.17) is 0 Å². The van der Waals surface area contributed by atoms with E-state index < -0.39 is 0 Å². The summed E-state index contributed by atoms with van der Waals surface area (Å²) in [7, 11) is 0. The molecule has 3 rings (SSSR count). The fourth-order valence-corrected chi connectivity index (χ4v) is 2.67. The number of aromatic nitrogens is 4. The standard InChI is InChI=1S/C14H18N6O/c21-14(10-19-7-2-1-3-8-19)16-12-5-4-6-13(9-12)20-11-15-17-18-20/h4-6,9,11H,1-3,7-8,10H2,(H,16,21)/p+1. The lowest BCUT2D eigenvalue weighted by molar-refractivity contribution is -0.896. The molecule has 0 spiro atoms. The highest BCUT2D eigenvalue weighted by Crippen LogP contribution is 2.12. The third-order valence-corrected chi connectivity index (χ3v) is 3.71. The van der Waals surface area contributed by atoms with Gasteiger partial charge in [-0.2, -0.15) is 0 Å². The zero-order chi connectivity index (χ0) is 14.5. The van der Waals surface area contributed by atoms with Crippen LogP contribution in [0, 0.1) is 0 Å². The quantitative estimate of drug-likeness (QED) is 0.807. The monoisotopic (exact) mass is 287 g/mol. The molecule has 1 aromatic heterocycles. The number of nitrogens with zero attached hydrogens (tertiary/aromatic N) is 4. The number of nitrogens with one attached hydrogen (secondary N) is 2. The smallest absolute Gasteiger partial charge is 0.279 e. The van der Waals surface area contributed by atoms with Crippen molar-refractivity contribution in [2.75, 3.05) is 25.0 Å². The highest BCUT2D eigenvalue weighted by atomic mass is 16.2. The molecule has 0 unspecified atom stereocenters. The summed E-state index contributed by atoms with van der Waals surface area (Å²) in [5.74, 6) is 0.0563. The average Bonchev–Trinajstić information content (AvgIpc) is 3.02. The minimum atomic E-state index is 0.0563. The van der Waals surface area contributed by atoms with Crippen LogP contribution in [0.5, 0.6) is 0 Å². The van der Waals surface area contributed by atoms with Crippen LogP contribution in [0.2, 0.25) is 0 Å². The summed E-state index contributed by atoms with van der Waals surface area (Å²) >= 11 is 0. The Labute approximate surface area is 122 Å². The van der Waals surface area contributed by atoms with E-state index in [1.807, 2.05) is 24.3 Å². The molecule has 0 saturated carbocycles. The molecule has 1 fully saturated rings. The Hall–Kier alpha value is -2.28. The zero-order valence-corrected chi connectivity index (χ0v) is 11.8. The first-order chi connectivity index (χ1) is 10.3. The van der Waals surface area contributed by atoms with E-state index in [9.17, 15) is 4.79 Å². The number of hydrogen-bond acceptors (Lipinski definition) is 4. The van der Waals surface area contributed by atoms with Gasteiger partial charge in [-0.25, -0.2) is 4.68 Å². The van der Waals surface area contributed by atoms with Gasteiger partial charge in [0.15, 0.2) is 6.54 Å². The molecule has 21 heavy (non-hydrogen) atoms. The molecular weight excluding hydrogens is 268 g/mol. The Morgan fingerprint density at radius 2 is 2.14 bits per heavy atom. The van der Waals surface area contributed by atoms with E-state index >= 15 is 0 Å². The molecule has 2 N–H and O–H groups in total. The van der Waals surface area contributed by atoms with Gasteiger partial charge in [0.05, 0.1) is 18.8 Å². The first kappa shape index (κ1) is 13.7. The summed E-state index contributed by atoms with van der Waals surface area (Å²) < 4.78 is 1.56. The van der Waals surface area contributed by atoms with Gasteiger partial charge in [-0.15, -0.1) is 5.10 Å². The number of anilines is 1. The summed E-state index contributed by atoms with van der Waals surface area (Å²) in [5, 5.41) is 14.0. The number of likely N-dealkylation sites (tertiary alicyclic amines) is 1. The van der Waals surface area contributed by atoms with Gasteiger partial charge in [-0.05, 0) is 47.9 Å². The van der Waals surface area contributed by atoms with Crippen LogP contribution in [-0.4, -0.2) is 45.7 Å². The molecule has 2 aromatic rings. The number of amides is 1. The molecule has 1 aromatic carbocycles. The lowest BCUT2D eigenvalue weighted by Crippen LogP contribution is -3.13.